The summed E-state index contributed by atoms with van der Waals surface area (Å²) in [7, 11) is 0. The summed E-state index contributed by atoms with van der Waals surface area (Å²) in [6.07, 6.45) is 1.05. The number of rotatable bonds is 3. The predicted octanol–water partition coefficient (Wildman–Crippen LogP) is 3.82. The Morgan fingerprint density at radius 3 is 2.00 bits per heavy atom. The molecular weight excluding hydrogens is 288 g/mol. The van der Waals surface area contributed by atoms with Crippen LogP contribution in [0.2, 0.25) is 0 Å². The first-order valence-electron chi connectivity index (χ1n) is 6.86. The molecule has 0 saturated carbocycles. The van der Waals surface area contributed by atoms with Crippen molar-refractivity contribution in [3.05, 3.63) is 34.4 Å². The number of Topliss-reactive ketones (excluding diaryl/α,β-unsaturated/α-hetero) is 1. The van der Waals surface area contributed by atoms with Crippen LogP contribution in [0.1, 0.15) is 40.5 Å². The number of nitro benzene ring substituents is 1. The molecule has 6 heteroatoms. The topological polar surface area (TPSA) is 63.5 Å². The van der Waals surface area contributed by atoms with Crippen molar-refractivity contribution in [3.8, 4) is 0 Å². The largest absolute Gasteiger partial charge is 0.300 e. The van der Waals surface area contributed by atoms with Crippen LogP contribution in [0.4, 0.5) is 5.69 Å². The van der Waals surface area contributed by atoms with E-state index in [4.69, 9.17) is 0 Å². The maximum absolute atomic E-state index is 11.9. The Morgan fingerprint density at radius 2 is 1.57 bits per heavy atom. The molecule has 0 N–H and O–H groups in total. The SMILES string of the molecule is CC1(C)CC(=O)CC(C)(C)N1Sc1ccc([N+](=O)[O-])cc1. The van der Waals surface area contributed by atoms with Gasteiger partial charge in [0.2, 0.25) is 0 Å². The molecule has 0 bridgehead atoms. The Labute approximate surface area is 129 Å². The molecular formula is C15H20N2O3S. The molecule has 0 atom stereocenters. The van der Waals surface area contributed by atoms with Gasteiger partial charge in [-0.25, -0.2) is 4.31 Å². The van der Waals surface area contributed by atoms with Gasteiger partial charge < -0.3 is 0 Å². The molecule has 0 radical (unpaired) electrons. The van der Waals surface area contributed by atoms with Gasteiger partial charge in [0.15, 0.2) is 0 Å². The third-order valence-electron chi connectivity index (χ3n) is 3.60. The van der Waals surface area contributed by atoms with Crippen LogP contribution in [0, 0.1) is 10.1 Å². The monoisotopic (exact) mass is 308 g/mol. The average Bonchev–Trinajstić information content (AvgIpc) is 2.33. The van der Waals surface area contributed by atoms with E-state index in [0.29, 0.717) is 12.8 Å². The Balaban J connectivity index is 2.23. The van der Waals surface area contributed by atoms with Crippen LogP contribution in [0.15, 0.2) is 29.2 Å². The van der Waals surface area contributed by atoms with Crippen molar-refractivity contribution in [2.24, 2.45) is 0 Å². The van der Waals surface area contributed by atoms with Crippen LogP contribution in [0.25, 0.3) is 0 Å². The molecule has 1 aliphatic rings. The second kappa shape index (κ2) is 5.42. The molecule has 1 fully saturated rings. The van der Waals surface area contributed by atoms with E-state index < -0.39 is 4.92 Å². The summed E-state index contributed by atoms with van der Waals surface area (Å²) < 4.78 is 2.24. The van der Waals surface area contributed by atoms with Gasteiger partial charge in [-0.2, -0.15) is 0 Å². The molecule has 1 aliphatic heterocycles. The highest BCUT2D eigenvalue weighted by molar-refractivity contribution is 7.97. The standard InChI is InChI=1S/C15H20N2O3S/c1-14(2)9-12(18)10-15(3,4)17(14)21-13-7-5-11(6-8-13)16(19)20/h5-8H,9-10H2,1-4H3. The summed E-state index contributed by atoms with van der Waals surface area (Å²) in [4.78, 5) is 23.1. The van der Waals surface area contributed by atoms with Gasteiger partial charge in [0.25, 0.3) is 5.69 Å². The number of benzene rings is 1. The Morgan fingerprint density at radius 1 is 1.10 bits per heavy atom. The fraction of sp³-hybridized carbons (Fsp3) is 0.533. The highest BCUT2D eigenvalue weighted by atomic mass is 32.2. The van der Waals surface area contributed by atoms with E-state index in [0.717, 1.165) is 4.90 Å². The number of hydrogen-bond acceptors (Lipinski definition) is 5. The fourth-order valence-electron chi connectivity index (χ4n) is 2.97. The number of carbonyl (C=O) groups is 1. The van der Waals surface area contributed by atoms with Gasteiger partial charge in [-0.05, 0) is 51.8 Å². The first-order chi connectivity index (χ1) is 9.62. The highest BCUT2D eigenvalue weighted by Crippen LogP contribution is 2.44. The van der Waals surface area contributed by atoms with E-state index >= 15 is 0 Å². The molecule has 2 rings (SSSR count). The number of hydrogen-bond donors (Lipinski definition) is 0. The van der Waals surface area contributed by atoms with Gasteiger partial charge in [-0.15, -0.1) is 0 Å². The molecule has 114 valence electrons. The lowest BCUT2D eigenvalue weighted by Crippen LogP contribution is -2.57. The molecule has 0 unspecified atom stereocenters. The van der Waals surface area contributed by atoms with Crippen molar-refractivity contribution in [1.29, 1.82) is 0 Å². The van der Waals surface area contributed by atoms with Gasteiger partial charge in [-0.1, -0.05) is 0 Å². The van der Waals surface area contributed by atoms with Crippen molar-refractivity contribution >= 4 is 23.4 Å². The van der Waals surface area contributed by atoms with Crippen molar-refractivity contribution in [2.45, 2.75) is 56.5 Å². The van der Waals surface area contributed by atoms with Gasteiger partial charge in [-0.3, -0.25) is 14.9 Å². The summed E-state index contributed by atoms with van der Waals surface area (Å²) in [5, 5.41) is 10.7. The van der Waals surface area contributed by atoms with E-state index in [-0.39, 0.29) is 22.5 Å². The minimum atomic E-state index is -0.401. The number of nitrogens with zero attached hydrogens (tertiary/aromatic N) is 2. The second-order valence-electron chi connectivity index (χ2n) is 6.65. The number of ketones is 1. The average molecular weight is 308 g/mol. The minimum Gasteiger partial charge on any atom is -0.300 e. The van der Waals surface area contributed by atoms with Crippen LogP contribution in [-0.2, 0) is 4.79 Å². The van der Waals surface area contributed by atoms with Crippen molar-refractivity contribution in [3.63, 3.8) is 0 Å². The molecule has 0 aromatic heterocycles. The number of non-ortho nitro benzene ring substituents is 1. The second-order valence-corrected chi connectivity index (χ2v) is 7.67. The quantitative estimate of drug-likeness (QED) is 0.482. The van der Waals surface area contributed by atoms with Crippen LogP contribution >= 0.6 is 11.9 Å². The Bertz CT molecular complexity index is 547. The number of nitro groups is 1. The smallest absolute Gasteiger partial charge is 0.269 e. The summed E-state index contributed by atoms with van der Waals surface area (Å²) in [6.45, 7) is 8.24. The Kier molecular flexibility index (Phi) is 4.13. The van der Waals surface area contributed by atoms with E-state index in [1.54, 1.807) is 24.1 Å². The molecule has 5 nitrogen and oxygen atoms in total. The lowest BCUT2D eigenvalue weighted by molar-refractivity contribution is -0.384. The van der Waals surface area contributed by atoms with E-state index in [2.05, 4.69) is 32.0 Å². The summed E-state index contributed by atoms with van der Waals surface area (Å²) in [5.41, 5.74) is -0.400. The Hall–Kier alpha value is -1.40. The fourth-order valence-corrected chi connectivity index (χ4v) is 4.06. The summed E-state index contributed by atoms with van der Waals surface area (Å²) in [6, 6.07) is 6.53. The maximum atomic E-state index is 11.9. The van der Waals surface area contributed by atoms with Crippen molar-refractivity contribution < 1.29 is 9.72 Å². The predicted molar refractivity (Wildman–Crippen MR) is 83.2 cm³/mol. The van der Waals surface area contributed by atoms with Crippen molar-refractivity contribution in [1.82, 2.24) is 4.31 Å². The number of carbonyl (C=O) groups excluding carboxylic acids is 1. The third-order valence-corrected chi connectivity index (χ3v) is 5.26. The van der Waals surface area contributed by atoms with Gasteiger partial charge in [0.05, 0.1) is 4.92 Å². The normalized spacial score (nSPS) is 21.2. The molecule has 1 aromatic carbocycles. The molecule has 1 heterocycles. The van der Waals surface area contributed by atoms with Crippen molar-refractivity contribution in [2.75, 3.05) is 0 Å². The molecule has 1 aromatic rings. The third kappa shape index (κ3) is 3.44. The summed E-state index contributed by atoms with van der Waals surface area (Å²) >= 11 is 1.56. The zero-order valence-electron chi connectivity index (χ0n) is 12.8. The zero-order chi connectivity index (χ0) is 15.8. The maximum Gasteiger partial charge on any atom is 0.269 e. The molecule has 21 heavy (non-hydrogen) atoms. The van der Waals surface area contributed by atoms with Gasteiger partial charge in [0.1, 0.15) is 5.78 Å². The minimum absolute atomic E-state index is 0.0895. The van der Waals surface area contributed by atoms with E-state index in [1.165, 1.54) is 12.1 Å². The van der Waals surface area contributed by atoms with E-state index in [9.17, 15) is 14.9 Å². The zero-order valence-corrected chi connectivity index (χ0v) is 13.6. The summed E-state index contributed by atoms with van der Waals surface area (Å²) in [5.74, 6) is 0.283. The van der Waals surface area contributed by atoms with Gasteiger partial charge >= 0.3 is 0 Å². The van der Waals surface area contributed by atoms with Crippen LogP contribution in [0.5, 0.6) is 0 Å². The van der Waals surface area contributed by atoms with Gasteiger partial charge in [0, 0.05) is 40.9 Å². The van der Waals surface area contributed by atoms with E-state index in [1.807, 2.05) is 0 Å². The lowest BCUT2D eigenvalue weighted by atomic mass is 9.82. The molecule has 0 amide bonds. The molecule has 0 aliphatic carbocycles. The lowest BCUT2D eigenvalue weighted by Gasteiger charge is -2.50. The molecule has 1 saturated heterocycles. The first kappa shape index (κ1) is 16.0. The van der Waals surface area contributed by atoms with Crippen LogP contribution in [-0.4, -0.2) is 26.1 Å². The first-order valence-corrected chi connectivity index (χ1v) is 7.64. The number of piperidine rings is 1. The van der Waals surface area contributed by atoms with Crippen LogP contribution in [0.3, 0.4) is 0 Å². The highest BCUT2D eigenvalue weighted by Gasteiger charge is 2.45. The molecule has 0 spiro atoms. The van der Waals surface area contributed by atoms with Crippen LogP contribution < -0.4 is 0 Å².